The maximum atomic E-state index is 12.6. The third-order valence-electron chi connectivity index (χ3n) is 3.22. The van der Waals surface area contributed by atoms with Crippen LogP contribution in [0.2, 0.25) is 0 Å². The molecule has 0 spiro atoms. The standard InChI is InChI=1S/C16H18O4S/c1-12-9-14(19-2)15(20-3)10-16(12)21(17,18)11-13-7-5-4-6-8-13/h4-10H,11H2,1-3H3. The van der Waals surface area contributed by atoms with Gasteiger partial charge in [-0.2, -0.15) is 0 Å². The molecule has 2 aromatic carbocycles. The third kappa shape index (κ3) is 3.36. The molecule has 0 unspecified atom stereocenters. The van der Waals surface area contributed by atoms with Crippen LogP contribution >= 0.6 is 0 Å². The molecule has 0 fully saturated rings. The second-order valence-electron chi connectivity index (χ2n) is 4.72. The predicted octanol–water partition coefficient (Wildman–Crippen LogP) is 2.99. The van der Waals surface area contributed by atoms with Gasteiger partial charge in [-0.25, -0.2) is 8.42 Å². The van der Waals surface area contributed by atoms with Gasteiger partial charge in [0.15, 0.2) is 21.3 Å². The summed E-state index contributed by atoms with van der Waals surface area (Å²) in [5.74, 6) is 0.896. The first-order valence-electron chi connectivity index (χ1n) is 6.47. The molecule has 0 heterocycles. The van der Waals surface area contributed by atoms with E-state index in [1.54, 1.807) is 25.1 Å². The number of rotatable bonds is 5. The Labute approximate surface area is 125 Å². The summed E-state index contributed by atoms with van der Waals surface area (Å²) in [7, 11) is -0.427. The molecule has 0 radical (unpaired) electrons. The van der Waals surface area contributed by atoms with Crippen LogP contribution in [0.15, 0.2) is 47.4 Å². The number of sulfone groups is 1. The fourth-order valence-electron chi connectivity index (χ4n) is 2.17. The monoisotopic (exact) mass is 306 g/mol. The Kier molecular flexibility index (Phi) is 4.53. The van der Waals surface area contributed by atoms with E-state index in [9.17, 15) is 8.42 Å². The summed E-state index contributed by atoms with van der Waals surface area (Å²) >= 11 is 0. The van der Waals surface area contributed by atoms with E-state index in [4.69, 9.17) is 9.47 Å². The molecule has 5 heteroatoms. The van der Waals surface area contributed by atoms with E-state index in [1.165, 1.54) is 20.3 Å². The predicted molar refractivity (Wildman–Crippen MR) is 81.6 cm³/mol. The molecule has 4 nitrogen and oxygen atoms in total. The first-order valence-corrected chi connectivity index (χ1v) is 8.12. The number of hydrogen-bond acceptors (Lipinski definition) is 4. The van der Waals surface area contributed by atoms with Crippen LogP contribution < -0.4 is 9.47 Å². The molecule has 0 aromatic heterocycles. The summed E-state index contributed by atoms with van der Waals surface area (Å²) in [6.07, 6.45) is 0. The Bertz CT molecular complexity index is 721. The molecule has 0 aliphatic heterocycles. The van der Waals surface area contributed by atoms with Gasteiger partial charge in [0.1, 0.15) is 0 Å². The molecule has 2 aromatic rings. The van der Waals surface area contributed by atoms with Gasteiger partial charge in [-0.15, -0.1) is 0 Å². The van der Waals surface area contributed by atoms with Gasteiger partial charge >= 0.3 is 0 Å². The Morgan fingerprint density at radius 3 is 2.10 bits per heavy atom. The van der Waals surface area contributed by atoms with Crippen LogP contribution in [-0.2, 0) is 15.6 Å². The minimum atomic E-state index is -3.44. The molecule has 0 atom stereocenters. The van der Waals surface area contributed by atoms with E-state index >= 15 is 0 Å². The van der Waals surface area contributed by atoms with Crippen molar-refractivity contribution in [1.29, 1.82) is 0 Å². The first kappa shape index (κ1) is 15.4. The highest BCUT2D eigenvalue weighted by Gasteiger charge is 2.20. The molecule has 0 aliphatic carbocycles. The second-order valence-corrected chi connectivity index (χ2v) is 6.68. The van der Waals surface area contributed by atoms with Crippen molar-refractivity contribution in [1.82, 2.24) is 0 Å². The van der Waals surface area contributed by atoms with Gasteiger partial charge in [-0.05, 0) is 24.1 Å². The van der Waals surface area contributed by atoms with Gasteiger partial charge in [-0.1, -0.05) is 30.3 Å². The highest BCUT2D eigenvalue weighted by Crippen LogP contribution is 2.33. The lowest BCUT2D eigenvalue weighted by molar-refractivity contribution is 0.353. The van der Waals surface area contributed by atoms with Crippen molar-refractivity contribution in [3.05, 3.63) is 53.6 Å². The first-order chi connectivity index (χ1) is 9.97. The summed E-state index contributed by atoms with van der Waals surface area (Å²) in [5, 5.41) is 0. The average molecular weight is 306 g/mol. The van der Waals surface area contributed by atoms with Crippen molar-refractivity contribution in [2.24, 2.45) is 0 Å². The van der Waals surface area contributed by atoms with Crippen molar-refractivity contribution >= 4 is 9.84 Å². The van der Waals surface area contributed by atoms with E-state index in [0.717, 1.165) is 5.56 Å². The summed E-state index contributed by atoms with van der Waals surface area (Å²) in [6, 6.07) is 12.3. The van der Waals surface area contributed by atoms with E-state index in [1.807, 2.05) is 18.2 Å². The summed E-state index contributed by atoms with van der Waals surface area (Å²) in [6.45, 7) is 1.75. The minimum absolute atomic E-state index is 0.0375. The highest BCUT2D eigenvalue weighted by atomic mass is 32.2. The topological polar surface area (TPSA) is 52.6 Å². The number of methoxy groups -OCH3 is 2. The van der Waals surface area contributed by atoms with Crippen LogP contribution in [0.5, 0.6) is 11.5 Å². The third-order valence-corrected chi connectivity index (χ3v) is 5.04. The van der Waals surface area contributed by atoms with Crippen LogP contribution in [0, 0.1) is 6.92 Å². The zero-order valence-electron chi connectivity index (χ0n) is 12.3. The summed E-state index contributed by atoms with van der Waals surface area (Å²) < 4.78 is 35.6. The quantitative estimate of drug-likeness (QED) is 0.852. The largest absolute Gasteiger partial charge is 0.493 e. The molecule has 2 rings (SSSR count). The van der Waals surface area contributed by atoms with Gasteiger partial charge < -0.3 is 9.47 Å². The van der Waals surface area contributed by atoms with Crippen molar-refractivity contribution < 1.29 is 17.9 Å². The van der Waals surface area contributed by atoms with Gasteiger partial charge in [0.05, 0.1) is 24.9 Å². The fraction of sp³-hybridized carbons (Fsp3) is 0.250. The van der Waals surface area contributed by atoms with Crippen molar-refractivity contribution in [3.8, 4) is 11.5 Å². The SMILES string of the molecule is COc1cc(C)c(S(=O)(=O)Cc2ccccc2)cc1OC. The summed E-state index contributed by atoms with van der Waals surface area (Å²) in [5.41, 5.74) is 1.40. The van der Waals surface area contributed by atoms with Gasteiger partial charge in [0.25, 0.3) is 0 Å². The van der Waals surface area contributed by atoms with Crippen LogP contribution in [0.25, 0.3) is 0 Å². The molecule has 0 saturated carbocycles. The van der Waals surface area contributed by atoms with Crippen molar-refractivity contribution in [2.75, 3.05) is 14.2 Å². The maximum absolute atomic E-state index is 12.6. The zero-order valence-corrected chi connectivity index (χ0v) is 13.1. The Morgan fingerprint density at radius 1 is 0.952 bits per heavy atom. The van der Waals surface area contributed by atoms with E-state index in [-0.39, 0.29) is 10.6 Å². The molecule has 0 bridgehead atoms. The lowest BCUT2D eigenvalue weighted by Gasteiger charge is -2.13. The molecule has 0 N–H and O–H groups in total. The van der Waals surface area contributed by atoms with E-state index in [0.29, 0.717) is 17.1 Å². The maximum Gasteiger partial charge on any atom is 0.182 e. The molecule has 0 amide bonds. The van der Waals surface area contributed by atoms with Crippen LogP contribution in [0.3, 0.4) is 0 Å². The Morgan fingerprint density at radius 2 is 1.52 bits per heavy atom. The lowest BCUT2D eigenvalue weighted by atomic mass is 10.2. The zero-order chi connectivity index (χ0) is 15.5. The minimum Gasteiger partial charge on any atom is -0.493 e. The van der Waals surface area contributed by atoms with Gasteiger partial charge in [0, 0.05) is 6.07 Å². The highest BCUT2D eigenvalue weighted by molar-refractivity contribution is 7.90. The van der Waals surface area contributed by atoms with E-state index in [2.05, 4.69) is 0 Å². The molecule has 21 heavy (non-hydrogen) atoms. The smallest absolute Gasteiger partial charge is 0.182 e. The Hall–Kier alpha value is -2.01. The molecular weight excluding hydrogens is 288 g/mol. The molecule has 0 aliphatic rings. The summed E-state index contributed by atoms with van der Waals surface area (Å²) in [4.78, 5) is 0.268. The van der Waals surface area contributed by atoms with Crippen molar-refractivity contribution in [3.63, 3.8) is 0 Å². The van der Waals surface area contributed by atoms with Gasteiger partial charge in [-0.3, -0.25) is 0 Å². The normalized spacial score (nSPS) is 11.2. The fourth-order valence-corrected chi connectivity index (χ4v) is 3.79. The average Bonchev–Trinajstić information content (AvgIpc) is 2.47. The number of hydrogen-bond donors (Lipinski definition) is 0. The van der Waals surface area contributed by atoms with Gasteiger partial charge in [0.2, 0.25) is 0 Å². The molecule has 112 valence electrons. The second kappa shape index (κ2) is 6.18. The lowest BCUT2D eigenvalue weighted by Crippen LogP contribution is -2.07. The number of benzene rings is 2. The Balaban J connectivity index is 2.45. The molecular formula is C16H18O4S. The number of aryl methyl sites for hydroxylation is 1. The van der Waals surface area contributed by atoms with Crippen LogP contribution in [-0.4, -0.2) is 22.6 Å². The number of ether oxygens (including phenoxy) is 2. The van der Waals surface area contributed by atoms with Crippen molar-refractivity contribution in [2.45, 2.75) is 17.6 Å². The van der Waals surface area contributed by atoms with E-state index < -0.39 is 9.84 Å². The van der Waals surface area contributed by atoms with Crippen LogP contribution in [0.4, 0.5) is 0 Å². The molecule has 0 saturated heterocycles. The van der Waals surface area contributed by atoms with Crippen LogP contribution in [0.1, 0.15) is 11.1 Å².